The number of nitrogens with one attached hydrogen (secondary N) is 2. The van der Waals surface area contributed by atoms with Crippen molar-refractivity contribution >= 4 is 23.0 Å². The van der Waals surface area contributed by atoms with Crippen LogP contribution in [0.2, 0.25) is 0 Å². The number of anilines is 1. The van der Waals surface area contributed by atoms with Gasteiger partial charge in [-0.1, -0.05) is 18.2 Å². The fourth-order valence-electron chi connectivity index (χ4n) is 1.82. The van der Waals surface area contributed by atoms with Gasteiger partial charge in [0.15, 0.2) is 11.4 Å². The molecule has 1 rings (SSSR count). The first-order valence-corrected chi connectivity index (χ1v) is 7.42. The summed E-state index contributed by atoms with van der Waals surface area (Å²) in [4.78, 5) is 0. The van der Waals surface area contributed by atoms with Crippen molar-refractivity contribution in [2.24, 2.45) is 0 Å². The molecule has 0 radical (unpaired) electrons. The van der Waals surface area contributed by atoms with Gasteiger partial charge in [-0.05, 0) is 45.1 Å². The van der Waals surface area contributed by atoms with E-state index in [-0.39, 0.29) is 12.3 Å². The number of hydrogen-bond acceptors (Lipinski definition) is 3. The number of benzene rings is 1. The van der Waals surface area contributed by atoms with Gasteiger partial charge in [0.2, 0.25) is 0 Å². The first kappa shape index (κ1) is 16.9. The molecule has 0 heterocycles. The summed E-state index contributed by atoms with van der Waals surface area (Å²) < 4.78 is 11.1. The van der Waals surface area contributed by atoms with E-state index in [0.29, 0.717) is 18.3 Å². The average Bonchev–Trinajstić information content (AvgIpc) is 2.40. The molecule has 0 fully saturated rings. The lowest BCUT2D eigenvalue weighted by molar-refractivity contribution is -0.141. The number of hydrogen-bond donors (Lipinski definition) is 2. The molecule has 0 amide bonds. The summed E-state index contributed by atoms with van der Waals surface area (Å²) in [5.41, 5.74) is 0.975. The normalized spacial score (nSPS) is 12.2. The van der Waals surface area contributed by atoms with E-state index in [0.717, 1.165) is 12.1 Å². The van der Waals surface area contributed by atoms with Gasteiger partial charge < -0.3 is 20.1 Å². The van der Waals surface area contributed by atoms with Gasteiger partial charge in [0.1, 0.15) is 0 Å². The molecule has 0 aliphatic rings. The highest BCUT2D eigenvalue weighted by atomic mass is 32.1. The smallest absolute Gasteiger partial charge is 0.170 e. The number of thiocarbonyl (C=S) groups is 1. The summed E-state index contributed by atoms with van der Waals surface area (Å²) in [6, 6.07) is 10.0. The van der Waals surface area contributed by atoms with E-state index >= 15 is 0 Å². The highest BCUT2D eigenvalue weighted by Crippen LogP contribution is 2.07. The Kier molecular flexibility index (Phi) is 8.18. The van der Waals surface area contributed by atoms with E-state index in [9.17, 15) is 0 Å². The number of ether oxygens (including phenoxy) is 2. The van der Waals surface area contributed by atoms with Gasteiger partial charge in [0.05, 0.1) is 0 Å². The standard InChI is InChI=1S/C15H24N2O2S/c1-4-18-14(19-5-2)11-12(3)16-15(20)17-13-9-7-6-8-10-13/h6-10,12,14H,4-5,11H2,1-3H3,(H2,16,17,20)/t12-/m0/s1. The molecular formula is C15H24N2O2S. The third-order valence-corrected chi connectivity index (χ3v) is 2.88. The van der Waals surface area contributed by atoms with Crippen LogP contribution >= 0.6 is 12.2 Å². The van der Waals surface area contributed by atoms with Gasteiger partial charge in [-0.15, -0.1) is 0 Å². The van der Waals surface area contributed by atoms with Crippen molar-refractivity contribution in [1.82, 2.24) is 5.32 Å². The maximum absolute atomic E-state index is 5.53. The SMILES string of the molecule is CCOC(C[C@H](C)NC(=S)Nc1ccccc1)OCC. The van der Waals surface area contributed by atoms with Crippen LogP contribution in [-0.2, 0) is 9.47 Å². The Labute approximate surface area is 126 Å². The lowest BCUT2D eigenvalue weighted by Crippen LogP contribution is -2.38. The van der Waals surface area contributed by atoms with E-state index in [4.69, 9.17) is 21.7 Å². The largest absolute Gasteiger partial charge is 0.360 e. The van der Waals surface area contributed by atoms with Crippen LogP contribution < -0.4 is 10.6 Å². The second-order valence-electron chi connectivity index (χ2n) is 4.44. The van der Waals surface area contributed by atoms with Crippen molar-refractivity contribution in [2.45, 2.75) is 39.5 Å². The molecule has 0 aliphatic heterocycles. The molecule has 0 unspecified atom stereocenters. The Morgan fingerprint density at radius 1 is 1.15 bits per heavy atom. The maximum atomic E-state index is 5.53. The van der Waals surface area contributed by atoms with Crippen LogP contribution in [0, 0.1) is 0 Å². The Hall–Kier alpha value is -1.17. The van der Waals surface area contributed by atoms with Crippen LogP contribution in [0.1, 0.15) is 27.2 Å². The van der Waals surface area contributed by atoms with Crippen molar-refractivity contribution in [2.75, 3.05) is 18.5 Å². The van der Waals surface area contributed by atoms with Gasteiger partial charge in [-0.3, -0.25) is 0 Å². The summed E-state index contributed by atoms with van der Waals surface area (Å²) in [5, 5.41) is 6.99. The molecule has 4 nitrogen and oxygen atoms in total. The minimum absolute atomic E-state index is 0.168. The van der Waals surface area contributed by atoms with Crippen LogP contribution in [0.5, 0.6) is 0 Å². The molecule has 1 aromatic rings. The Morgan fingerprint density at radius 2 is 1.75 bits per heavy atom. The minimum Gasteiger partial charge on any atom is -0.360 e. The van der Waals surface area contributed by atoms with Gasteiger partial charge in [0, 0.05) is 31.4 Å². The first-order valence-electron chi connectivity index (χ1n) is 7.01. The minimum atomic E-state index is -0.188. The highest BCUT2D eigenvalue weighted by Gasteiger charge is 2.14. The van der Waals surface area contributed by atoms with Crippen LogP contribution in [0.25, 0.3) is 0 Å². The van der Waals surface area contributed by atoms with Gasteiger partial charge >= 0.3 is 0 Å². The highest BCUT2D eigenvalue weighted by molar-refractivity contribution is 7.80. The van der Waals surface area contributed by atoms with Crippen molar-refractivity contribution < 1.29 is 9.47 Å². The molecule has 112 valence electrons. The zero-order valence-corrected chi connectivity index (χ0v) is 13.2. The van der Waals surface area contributed by atoms with E-state index < -0.39 is 0 Å². The number of para-hydroxylation sites is 1. The van der Waals surface area contributed by atoms with Gasteiger partial charge in [-0.2, -0.15) is 0 Å². The monoisotopic (exact) mass is 296 g/mol. The zero-order valence-electron chi connectivity index (χ0n) is 12.4. The first-order chi connectivity index (χ1) is 9.65. The van der Waals surface area contributed by atoms with Crippen molar-refractivity contribution in [3.63, 3.8) is 0 Å². The second kappa shape index (κ2) is 9.69. The molecule has 20 heavy (non-hydrogen) atoms. The van der Waals surface area contributed by atoms with Crippen molar-refractivity contribution in [1.29, 1.82) is 0 Å². The summed E-state index contributed by atoms with van der Waals surface area (Å²) in [5.74, 6) is 0. The van der Waals surface area contributed by atoms with E-state index in [2.05, 4.69) is 17.6 Å². The van der Waals surface area contributed by atoms with E-state index in [1.165, 1.54) is 0 Å². The van der Waals surface area contributed by atoms with Crippen molar-refractivity contribution in [3.8, 4) is 0 Å². The lowest BCUT2D eigenvalue weighted by atomic mass is 10.2. The molecule has 0 spiro atoms. The molecule has 1 aromatic carbocycles. The third-order valence-electron chi connectivity index (χ3n) is 2.66. The Balaban J connectivity index is 2.36. The summed E-state index contributed by atoms with van der Waals surface area (Å²) in [6.45, 7) is 7.27. The van der Waals surface area contributed by atoms with Crippen molar-refractivity contribution in [3.05, 3.63) is 30.3 Å². The van der Waals surface area contributed by atoms with E-state index in [1.54, 1.807) is 0 Å². The molecule has 2 N–H and O–H groups in total. The number of rotatable bonds is 8. The Bertz CT molecular complexity index is 381. The molecule has 0 saturated carbocycles. The van der Waals surface area contributed by atoms with Crippen LogP contribution in [0.3, 0.4) is 0 Å². The average molecular weight is 296 g/mol. The summed E-state index contributed by atoms with van der Waals surface area (Å²) in [6.07, 6.45) is 0.560. The molecule has 0 saturated heterocycles. The van der Waals surface area contributed by atoms with E-state index in [1.807, 2.05) is 44.2 Å². The topological polar surface area (TPSA) is 42.5 Å². The molecule has 1 atom stereocenters. The maximum Gasteiger partial charge on any atom is 0.170 e. The lowest BCUT2D eigenvalue weighted by Gasteiger charge is -2.22. The fraction of sp³-hybridized carbons (Fsp3) is 0.533. The summed E-state index contributed by atoms with van der Waals surface area (Å²) in [7, 11) is 0. The third kappa shape index (κ3) is 6.84. The molecule has 0 aromatic heterocycles. The van der Waals surface area contributed by atoms with Gasteiger partial charge in [-0.25, -0.2) is 0 Å². The zero-order chi connectivity index (χ0) is 14.8. The predicted molar refractivity (Wildman–Crippen MR) is 86.9 cm³/mol. The van der Waals surface area contributed by atoms with Crippen LogP contribution in [0.15, 0.2) is 30.3 Å². The predicted octanol–water partition coefficient (Wildman–Crippen LogP) is 3.15. The fourth-order valence-corrected chi connectivity index (χ4v) is 2.14. The second-order valence-corrected chi connectivity index (χ2v) is 4.85. The van der Waals surface area contributed by atoms with Gasteiger partial charge in [0.25, 0.3) is 0 Å². The molecule has 5 heteroatoms. The van der Waals surface area contributed by atoms with Crippen LogP contribution in [0.4, 0.5) is 5.69 Å². The van der Waals surface area contributed by atoms with Crippen LogP contribution in [-0.4, -0.2) is 30.7 Å². The molecular weight excluding hydrogens is 272 g/mol. The Morgan fingerprint density at radius 3 is 2.30 bits per heavy atom. The summed E-state index contributed by atoms with van der Waals surface area (Å²) >= 11 is 5.29. The molecule has 0 aliphatic carbocycles. The molecule has 0 bridgehead atoms. The quantitative estimate of drug-likeness (QED) is 0.570.